The number of carbonyl (C=O) groups is 2. The number of rotatable bonds is 5. The second-order valence-electron chi connectivity index (χ2n) is 4.98. The standard InChI is InChI=1S/C13H14Cl2INO3/c1-13(2,4-3-10(18)19)17-12(20)8-5-7(14)6-9(15)11(8)16/h5-6H,3-4H2,1-2H3,(H,17,20)(H,18,19). The highest BCUT2D eigenvalue weighted by Gasteiger charge is 2.24. The van der Waals surface area contributed by atoms with Gasteiger partial charge in [0.2, 0.25) is 0 Å². The molecule has 0 saturated heterocycles. The Morgan fingerprint density at radius 3 is 2.50 bits per heavy atom. The van der Waals surface area contributed by atoms with Crippen LogP contribution < -0.4 is 5.32 Å². The van der Waals surface area contributed by atoms with Crippen LogP contribution in [0, 0.1) is 3.57 Å². The molecule has 1 amide bonds. The van der Waals surface area contributed by atoms with E-state index in [9.17, 15) is 9.59 Å². The molecule has 2 N–H and O–H groups in total. The van der Waals surface area contributed by atoms with Crippen LogP contribution in [0.3, 0.4) is 0 Å². The molecule has 1 rings (SSSR count). The van der Waals surface area contributed by atoms with Gasteiger partial charge in [-0.15, -0.1) is 0 Å². The van der Waals surface area contributed by atoms with Crippen LogP contribution in [0.15, 0.2) is 12.1 Å². The molecule has 20 heavy (non-hydrogen) atoms. The highest BCUT2D eigenvalue weighted by atomic mass is 127. The summed E-state index contributed by atoms with van der Waals surface area (Å²) in [6.07, 6.45) is 0.319. The van der Waals surface area contributed by atoms with Crippen LogP contribution in [0.1, 0.15) is 37.0 Å². The second-order valence-corrected chi connectivity index (χ2v) is 6.90. The van der Waals surface area contributed by atoms with Gasteiger partial charge in [0.1, 0.15) is 0 Å². The summed E-state index contributed by atoms with van der Waals surface area (Å²) in [5.41, 5.74) is -0.251. The maximum Gasteiger partial charge on any atom is 0.303 e. The molecule has 7 heteroatoms. The Morgan fingerprint density at radius 2 is 1.95 bits per heavy atom. The summed E-state index contributed by atoms with van der Waals surface area (Å²) in [5, 5.41) is 12.3. The lowest BCUT2D eigenvalue weighted by atomic mass is 9.98. The lowest BCUT2D eigenvalue weighted by Gasteiger charge is -2.26. The first-order valence-electron chi connectivity index (χ1n) is 5.81. The lowest BCUT2D eigenvalue weighted by molar-refractivity contribution is -0.137. The smallest absolute Gasteiger partial charge is 0.303 e. The quantitative estimate of drug-likeness (QED) is 0.549. The number of amides is 1. The van der Waals surface area contributed by atoms with Gasteiger partial charge in [-0.25, -0.2) is 0 Å². The molecule has 110 valence electrons. The first kappa shape index (κ1) is 17.5. The van der Waals surface area contributed by atoms with E-state index in [2.05, 4.69) is 5.32 Å². The van der Waals surface area contributed by atoms with Crippen molar-refractivity contribution in [2.45, 2.75) is 32.2 Å². The van der Waals surface area contributed by atoms with Crippen LogP contribution in [-0.4, -0.2) is 22.5 Å². The molecular formula is C13H14Cl2INO3. The van der Waals surface area contributed by atoms with Crippen LogP contribution >= 0.6 is 45.8 Å². The average Bonchev–Trinajstić information content (AvgIpc) is 2.30. The van der Waals surface area contributed by atoms with E-state index in [1.165, 1.54) is 6.07 Å². The number of carboxylic acids is 1. The fraction of sp³-hybridized carbons (Fsp3) is 0.385. The molecule has 0 heterocycles. The predicted molar refractivity (Wildman–Crippen MR) is 87.6 cm³/mol. The zero-order valence-electron chi connectivity index (χ0n) is 11.0. The third-order valence-corrected chi connectivity index (χ3v) is 4.65. The molecule has 0 spiro atoms. The minimum Gasteiger partial charge on any atom is -0.481 e. The van der Waals surface area contributed by atoms with Crippen LogP contribution in [-0.2, 0) is 4.79 Å². The summed E-state index contributed by atoms with van der Waals surface area (Å²) in [6.45, 7) is 3.54. The van der Waals surface area contributed by atoms with Crippen molar-refractivity contribution in [3.8, 4) is 0 Å². The van der Waals surface area contributed by atoms with E-state index in [1.807, 2.05) is 22.6 Å². The Labute approximate surface area is 141 Å². The summed E-state index contributed by atoms with van der Waals surface area (Å²) in [5.74, 6) is -1.22. The van der Waals surface area contributed by atoms with Crippen molar-refractivity contribution in [1.29, 1.82) is 0 Å². The minimum atomic E-state index is -0.896. The molecule has 1 aromatic rings. The first-order chi connectivity index (χ1) is 9.12. The van der Waals surface area contributed by atoms with E-state index in [1.54, 1.807) is 19.9 Å². The molecule has 0 atom stereocenters. The van der Waals surface area contributed by atoms with Crippen LogP contribution in [0.4, 0.5) is 0 Å². The Morgan fingerprint density at radius 1 is 1.35 bits per heavy atom. The number of benzene rings is 1. The van der Waals surface area contributed by atoms with Crippen LogP contribution in [0.25, 0.3) is 0 Å². The number of hydrogen-bond donors (Lipinski definition) is 2. The fourth-order valence-corrected chi connectivity index (χ4v) is 2.63. The highest BCUT2D eigenvalue weighted by molar-refractivity contribution is 14.1. The lowest BCUT2D eigenvalue weighted by Crippen LogP contribution is -2.44. The molecule has 0 aliphatic heterocycles. The van der Waals surface area contributed by atoms with Gasteiger partial charge in [-0.1, -0.05) is 23.2 Å². The molecule has 0 fully saturated rings. The second kappa shape index (κ2) is 6.95. The molecular weight excluding hydrogens is 416 g/mol. The van der Waals surface area contributed by atoms with Gasteiger partial charge in [0.15, 0.2) is 0 Å². The average molecular weight is 430 g/mol. The zero-order chi connectivity index (χ0) is 15.5. The van der Waals surface area contributed by atoms with Crippen molar-refractivity contribution in [2.24, 2.45) is 0 Å². The Balaban J connectivity index is 2.88. The van der Waals surface area contributed by atoms with E-state index < -0.39 is 11.5 Å². The van der Waals surface area contributed by atoms with E-state index in [0.29, 0.717) is 25.6 Å². The number of hydrogen-bond acceptors (Lipinski definition) is 2. The van der Waals surface area contributed by atoms with E-state index in [-0.39, 0.29) is 12.3 Å². The summed E-state index contributed by atoms with van der Waals surface area (Å²) in [7, 11) is 0. The molecule has 1 aromatic carbocycles. The highest BCUT2D eigenvalue weighted by Crippen LogP contribution is 2.27. The summed E-state index contributed by atoms with van der Waals surface area (Å²) < 4.78 is 0.611. The van der Waals surface area contributed by atoms with Gasteiger partial charge in [-0.2, -0.15) is 0 Å². The molecule has 0 saturated carbocycles. The molecule has 0 aliphatic carbocycles. The summed E-state index contributed by atoms with van der Waals surface area (Å²) in [6, 6.07) is 3.11. The molecule has 0 aromatic heterocycles. The summed E-state index contributed by atoms with van der Waals surface area (Å²) >= 11 is 13.9. The molecule has 4 nitrogen and oxygen atoms in total. The van der Waals surface area contributed by atoms with Crippen molar-refractivity contribution >= 4 is 57.7 Å². The predicted octanol–water partition coefficient (Wildman–Crippen LogP) is 3.97. The molecule has 0 radical (unpaired) electrons. The molecule has 0 unspecified atom stereocenters. The van der Waals surface area contributed by atoms with Crippen molar-refractivity contribution in [3.63, 3.8) is 0 Å². The van der Waals surface area contributed by atoms with E-state index >= 15 is 0 Å². The third kappa shape index (κ3) is 5.10. The van der Waals surface area contributed by atoms with Gasteiger partial charge in [-0.3, -0.25) is 9.59 Å². The van der Waals surface area contributed by atoms with Gasteiger partial charge >= 0.3 is 5.97 Å². The maximum atomic E-state index is 12.2. The third-order valence-electron chi connectivity index (χ3n) is 2.65. The topological polar surface area (TPSA) is 66.4 Å². The van der Waals surface area contributed by atoms with Crippen LogP contribution in [0.2, 0.25) is 10.0 Å². The zero-order valence-corrected chi connectivity index (χ0v) is 14.6. The number of nitrogens with one attached hydrogen (secondary N) is 1. The largest absolute Gasteiger partial charge is 0.481 e. The van der Waals surface area contributed by atoms with Gasteiger partial charge in [0.05, 0.1) is 10.6 Å². The van der Waals surface area contributed by atoms with Crippen molar-refractivity contribution in [2.75, 3.05) is 0 Å². The van der Waals surface area contributed by atoms with Gasteiger partial charge in [0.25, 0.3) is 5.91 Å². The monoisotopic (exact) mass is 429 g/mol. The van der Waals surface area contributed by atoms with Crippen LogP contribution in [0.5, 0.6) is 0 Å². The van der Waals surface area contributed by atoms with E-state index in [4.69, 9.17) is 28.3 Å². The number of carboxylic acid groups (broad SMARTS) is 1. The normalized spacial score (nSPS) is 11.2. The Kier molecular flexibility index (Phi) is 6.09. The van der Waals surface area contributed by atoms with Gasteiger partial charge in [0, 0.05) is 20.6 Å². The van der Waals surface area contributed by atoms with Gasteiger partial charge in [-0.05, 0) is 55.0 Å². The van der Waals surface area contributed by atoms with Crippen molar-refractivity contribution in [3.05, 3.63) is 31.3 Å². The number of halogens is 3. The first-order valence-corrected chi connectivity index (χ1v) is 7.65. The molecule has 0 aliphatic rings. The minimum absolute atomic E-state index is 0.0132. The molecule has 0 bridgehead atoms. The Hall–Kier alpha value is -0.530. The summed E-state index contributed by atoms with van der Waals surface area (Å²) in [4.78, 5) is 22.8. The Bertz CT molecular complexity index is 547. The van der Waals surface area contributed by atoms with Crippen molar-refractivity contribution in [1.82, 2.24) is 5.32 Å². The van der Waals surface area contributed by atoms with Crippen molar-refractivity contribution < 1.29 is 14.7 Å². The maximum absolute atomic E-state index is 12.2. The number of carbonyl (C=O) groups excluding carboxylic acids is 1. The van der Waals surface area contributed by atoms with E-state index in [0.717, 1.165) is 0 Å². The fourth-order valence-electron chi connectivity index (χ4n) is 1.58. The SMILES string of the molecule is CC(C)(CCC(=O)O)NC(=O)c1cc(Cl)cc(Cl)c1I. The number of aliphatic carboxylic acids is 1. The van der Waals surface area contributed by atoms with Gasteiger partial charge < -0.3 is 10.4 Å².